The molecule has 4 aromatic rings. The molecule has 0 saturated carbocycles. The fourth-order valence-corrected chi connectivity index (χ4v) is 8.94. The number of hydrogen-bond acceptors (Lipinski definition) is 4. The van der Waals surface area contributed by atoms with Crippen LogP contribution in [0.3, 0.4) is 0 Å². The van der Waals surface area contributed by atoms with Gasteiger partial charge in [-0.2, -0.15) is 0 Å². The van der Waals surface area contributed by atoms with Gasteiger partial charge in [-0.1, -0.05) is 47.8 Å². The lowest BCUT2D eigenvalue weighted by atomic mass is 10.2. The molecule has 0 N–H and O–H groups in total. The Morgan fingerprint density at radius 1 is 0.531 bits per heavy atom. The first-order valence-electron chi connectivity index (χ1n) is 17.6. The number of thioether (sulfide) groups is 2. The van der Waals surface area contributed by atoms with Gasteiger partial charge in [0.1, 0.15) is 0 Å². The predicted molar refractivity (Wildman–Crippen MR) is 208 cm³/mol. The first-order valence-corrected chi connectivity index (χ1v) is 19.3. The number of anilines is 2. The highest BCUT2D eigenvalue weighted by Crippen LogP contribution is 2.46. The van der Waals surface area contributed by atoms with Crippen LogP contribution < -0.4 is 18.9 Å². The second-order valence-electron chi connectivity index (χ2n) is 14.8. The monoisotopic (exact) mass is 694 g/mol. The summed E-state index contributed by atoms with van der Waals surface area (Å²) in [5.74, 6) is 0. The Balaban J connectivity index is 0.877. The van der Waals surface area contributed by atoms with Crippen LogP contribution in [0.25, 0.3) is 12.2 Å². The van der Waals surface area contributed by atoms with Crippen LogP contribution in [0.1, 0.15) is 30.4 Å². The highest BCUT2D eigenvalue weighted by molar-refractivity contribution is 8.04. The van der Waals surface area contributed by atoms with E-state index in [-0.39, 0.29) is 0 Å². The number of pyridine rings is 2. The predicted octanol–water partition coefficient (Wildman–Crippen LogP) is 7.37. The number of benzene rings is 2. The minimum Gasteiger partial charge on any atom is -0.338 e. The topological polar surface area (TPSA) is 14.2 Å². The van der Waals surface area contributed by atoms with Gasteiger partial charge >= 0.3 is 0 Å². The molecule has 0 saturated heterocycles. The Kier molecular flexibility index (Phi) is 11.2. The highest BCUT2D eigenvalue weighted by atomic mass is 32.2. The zero-order chi connectivity index (χ0) is 34.4. The number of para-hydroxylation sites is 2. The van der Waals surface area contributed by atoms with Crippen LogP contribution in [0.5, 0.6) is 0 Å². The lowest BCUT2D eigenvalue weighted by Gasteiger charge is -2.33. The summed E-state index contributed by atoms with van der Waals surface area (Å²) >= 11 is 3.69. The molecule has 0 atom stereocenters. The Bertz CT molecular complexity index is 1650. The molecule has 6 nitrogen and oxygen atoms in total. The number of rotatable bonds is 14. The molecule has 256 valence electrons. The van der Waals surface area contributed by atoms with Gasteiger partial charge in [0.05, 0.1) is 88.6 Å². The molecule has 6 rings (SSSR count). The molecule has 0 fully saturated rings. The zero-order valence-corrected chi connectivity index (χ0v) is 31.9. The van der Waals surface area contributed by atoms with Crippen molar-refractivity contribution in [1.29, 1.82) is 0 Å². The molecule has 2 aromatic carbocycles. The normalized spacial score (nSPS) is 16.1. The Hall–Kier alpha value is -3.56. The molecule has 0 spiro atoms. The van der Waals surface area contributed by atoms with Crippen molar-refractivity contribution in [2.45, 2.75) is 42.1 Å². The molecule has 2 aromatic heterocycles. The standard InChI is InChI=1S/C41H54N6S2/c1-42-36-14-7-9-16-38(36)48-40(42)32-34-18-24-44(25-19-34)22-11-28-46(3,4)30-13-31-47(5,6)29-12-23-45-26-20-35(21-27-45)33-41-43(2)37-15-8-10-17-39(37)49-41/h7-10,14-21,24-27,32-33H,11-13,22-23,28-31H2,1-6H3/q+4. The van der Waals surface area contributed by atoms with Gasteiger partial charge in [0.2, 0.25) is 0 Å². The van der Waals surface area contributed by atoms with Gasteiger partial charge in [-0.05, 0) is 47.5 Å². The van der Waals surface area contributed by atoms with Crippen LogP contribution in [0.2, 0.25) is 0 Å². The maximum atomic E-state index is 2.40. The smallest absolute Gasteiger partial charge is 0.169 e. The Morgan fingerprint density at radius 2 is 0.898 bits per heavy atom. The van der Waals surface area contributed by atoms with E-state index in [4.69, 9.17) is 0 Å². The summed E-state index contributed by atoms with van der Waals surface area (Å²) < 4.78 is 6.82. The maximum Gasteiger partial charge on any atom is 0.169 e. The number of fused-ring (bicyclic) bond motifs is 2. The van der Waals surface area contributed by atoms with E-state index in [1.54, 1.807) is 0 Å². The van der Waals surface area contributed by atoms with E-state index >= 15 is 0 Å². The van der Waals surface area contributed by atoms with Crippen LogP contribution in [0, 0.1) is 0 Å². The number of aromatic nitrogens is 2. The zero-order valence-electron chi connectivity index (χ0n) is 30.3. The largest absolute Gasteiger partial charge is 0.338 e. The number of aryl methyl sites for hydroxylation is 2. The van der Waals surface area contributed by atoms with Gasteiger partial charge in [0.25, 0.3) is 0 Å². The van der Waals surface area contributed by atoms with Crippen LogP contribution in [-0.2, 0) is 13.1 Å². The summed E-state index contributed by atoms with van der Waals surface area (Å²) in [5.41, 5.74) is 5.08. The van der Waals surface area contributed by atoms with Crippen molar-refractivity contribution in [3.05, 3.63) is 119 Å². The molecule has 0 bridgehead atoms. The first-order chi connectivity index (χ1) is 23.6. The van der Waals surface area contributed by atoms with Crippen molar-refractivity contribution in [1.82, 2.24) is 0 Å². The van der Waals surface area contributed by atoms with Crippen LogP contribution in [-0.4, -0.2) is 77.4 Å². The molecule has 4 heterocycles. The van der Waals surface area contributed by atoms with Crippen LogP contribution in [0.15, 0.2) is 117 Å². The van der Waals surface area contributed by atoms with E-state index in [9.17, 15) is 0 Å². The second-order valence-corrected chi connectivity index (χ2v) is 16.9. The third-order valence-corrected chi connectivity index (χ3v) is 12.2. The van der Waals surface area contributed by atoms with Gasteiger partial charge in [0, 0.05) is 54.6 Å². The average Bonchev–Trinajstić information content (AvgIpc) is 3.57. The lowest BCUT2D eigenvalue weighted by molar-refractivity contribution is -0.911. The van der Waals surface area contributed by atoms with E-state index < -0.39 is 0 Å². The van der Waals surface area contributed by atoms with Gasteiger partial charge in [0.15, 0.2) is 37.9 Å². The molecular formula is C41H54N6S2+4. The fraction of sp³-hybridized carbons (Fsp3) is 0.366. The minimum absolute atomic E-state index is 1.06. The molecular weight excluding hydrogens is 641 g/mol. The SMILES string of the molecule is CN1/C(=C\c2cc[n+](CCC[N+](C)(C)CCC[N+](C)(C)CCC[n+]3ccc(/C=C4/Sc5ccccc5N4C)cc3)cc2)Sc2ccccc21. The molecule has 0 radical (unpaired) electrons. The number of hydrogen-bond donors (Lipinski definition) is 0. The number of nitrogens with zero attached hydrogens (tertiary/aromatic N) is 6. The van der Waals surface area contributed by atoms with E-state index in [0.717, 1.165) is 22.1 Å². The van der Waals surface area contributed by atoms with Crippen molar-refractivity contribution < 1.29 is 18.1 Å². The Labute approximate surface area is 303 Å². The minimum atomic E-state index is 1.06. The van der Waals surface area contributed by atoms with Gasteiger partial charge in [-0.25, -0.2) is 9.13 Å². The van der Waals surface area contributed by atoms with E-state index in [1.165, 1.54) is 87.8 Å². The summed E-state index contributed by atoms with van der Waals surface area (Å²) in [4.78, 5) is 7.23. The van der Waals surface area contributed by atoms with Crippen molar-refractivity contribution in [3.8, 4) is 0 Å². The van der Waals surface area contributed by atoms with Crippen molar-refractivity contribution in [3.63, 3.8) is 0 Å². The summed E-state index contributed by atoms with van der Waals surface area (Å²) in [6.07, 6.45) is 17.1. The van der Waals surface area contributed by atoms with Crippen LogP contribution >= 0.6 is 23.5 Å². The molecule has 8 heteroatoms. The van der Waals surface area contributed by atoms with E-state index in [1.807, 2.05) is 23.5 Å². The molecule has 0 aliphatic carbocycles. The Morgan fingerprint density at radius 3 is 1.29 bits per heavy atom. The van der Waals surface area contributed by atoms with Crippen LogP contribution in [0.4, 0.5) is 11.4 Å². The van der Waals surface area contributed by atoms with E-state index in [0.29, 0.717) is 0 Å². The third kappa shape index (κ3) is 9.37. The van der Waals surface area contributed by atoms with Gasteiger partial charge in [-0.3, -0.25) is 0 Å². The average molecular weight is 695 g/mol. The van der Waals surface area contributed by atoms with Gasteiger partial charge in [-0.15, -0.1) is 0 Å². The molecule has 49 heavy (non-hydrogen) atoms. The molecule has 2 aliphatic rings. The molecule has 0 amide bonds. The first kappa shape index (κ1) is 35.3. The summed E-state index contributed by atoms with van der Waals surface area (Å²) in [5, 5.41) is 2.55. The third-order valence-electron chi connectivity index (χ3n) is 9.84. The quantitative estimate of drug-likeness (QED) is 0.101. The van der Waals surface area contributed by atoms with Crippen molar-refractivity contribution >= 4 is 47.1 Å². The summed E-state index contributed by atoms with van der Waals surface area (Å²) in [6.45, 7) is 6.93. The maximum absolute atomic E-state index is 2.40. The molecule has 0 unspecified atom stereocenters. The second kappa shape index (κ2) is 15.5. The van der Waals surface area contributed by atoms with Crippen molar-refractivity contribution in [2.75, 3.05) is 78.3 Å². The lowest BCUT2D eigenvalue weighted by Crippen LogP contribution is -2.47. The summed E-state index contributed by atoms with van der Waals surface area (Å²) in [7, 11) is 13.9. The summed E-state index contributed by atoms with van der Waals surface area (Å²) in [6, 6.07) is 26.2. The number of quaternary nitrogens is 2. The van der Waals surface area contributed by atoms with Gasteiger partial charge < -0.3 is 18.8 Å². The fourth-order valence-electron chi connectivity index (χ4n) is 6.72. The highest BCUT2D eigenvalue weighted by Gasteiger charge is 2.23. The van der Waals surface area contributed by atoms with E-state index in [2.05, 4.69) is 171 Å². The molecule has 2 aliphatic heterocycles. The van der Waals surface area contributed by atoms with Crippen molar-refractivity contribution in [2.24, 2.45) is 0 Å².